The molecule has 11 nitrogen and oxygen atoms in total. The van der Waals surface area contributed by atoms with Crippen LogP contribution in [0.15, 0.2) is 35.2 Å². The number of carbonyl (C=O) groups excluding carboxylic acids is 1. The van der Waals surface area contributed by atoms with Crippen molar-refractivity contribution in [1.82, 2.24) is 14.9 Å². The number of nitrogens with zero attached hydrogens (tertiary/aromatic N) is 5. The predicted molar refractivity (Wildman–Crippen MR) is 142 cm³/mol. The lowest BCUT2D eigenvalue weighted by Gasteiger charge is -2.37. The molecular weight excluding hydrogens is 512 g/mol. The Morgan fingerprint density at radius 1 is 1.18 bits per heavy atom. The highest BCUT2D eigenvalue weighted by Crippen LogP contribution is 2.43. The van der Waals surface area contributed by atoms with Gasteiger partial charge in [0, 0.05) is 68.0 Å². The van der Waals surface area contributed by atoms with Crippen LogP contribution in [-0.4, -0.2) is 74.7 Å². The van der Waals surface area contributed by atoms with Crippen LogP contribution in [-0.2, 0) is 17.8 Å². The van der Waals surface area contributed by atoms with Gasteiger partial charge in [-0.3, -0.25) is 19.7 Å². The number of aromatic amines is 1. The van der Waals surface area contributed by atoms with Crippen LogP contribution >= 0.6 is 0 Å². The summed E-state index contributed by atoms with van der Waals surface area (Å²) in [6.45, 7) is 3.40. The van der Waals surface area contributed by atoms with Gasteiger partial charge in [-0.15, -0.1) is 0 Å². The number of ether oxygens (including phenoxy) is 3. The maximum absolute atomic E-state index is 15.5. The molecule has 2 aliphatic rings. The monoisotopic (exact) mass is 541 g/mol. The van der Waals surface area contributed by atoms with Crippen molar-refractivity contribution in [2.75, 3.05) is 57.4 Å². The molecule has 0 atom stereocenters. The predicted octanol–water partition coefficient (Wildman–Crippen LogP) is 3.14. The number of H-pyrrole nitrogens is 1. The molecule has 1 aromatic carbocycles. The third kappa shape index (κ3) is 4.63. The number of rotatable bonds is 7. The smallest absolute Gasteiger partial charge is 0.334 e. The van der Waals surface area contributed by atoms with Crippen molar-refractivity contribution in [3.8, 4) is 11.5 Å². The average Bonchev–Trinajstić information content (AvgIpc) is 3.36. The van der Waals surface area contributed by atoms with Crippen molar-refractivity contribution >= 4 is 34.7 Å². The van der Waals surface area contributed by atoms with Crippen LogP contribution in [0.3, 0.4) is 0 Å². The van der Waals surface area contributed by atoms with E-state index in [-0.39, 0.29) is 23.7 Å². The van der Waals surface area contributed by atoms with E-state index >= 15 is 8.78 Å². The summed E-state index contributed by atoms with van der Waals surface area (Å²) < 4.78 is 46.6. The van der Waals surface area contributed by atoms with Crippen LogP contribution in [0, 0.1) is 11.6 Å². The van der Waals surface area contributed by atoms with Gasteiger partial charge in [-0.25, -0.2) is 18.6 Å². The maximum Gasteiger partial charge on any atom is 0.334 e. The number of urea groups is 1. The van der Waals surface area contributed by atoms with Crippen molar-refractivity contribution in [2.24, 2.45) is 10.7 Å². The van der Waals surface area contributed by atoms with Gasteiger partial charge in [0.25, 0.3) is 0 Å². The fraction of sp³-hybridized carbons (Fsp3) is 0.346. The summed E-state index contributed by atoms with van der Waals surface area (Å²) in [5, 5.41) is 0.664. The second-order valence-corrected chi connectivity index (χ2v) is 9.02. The zero-order chi connectivity index (χ0) is 27.7. The molecule has 0 radical (unpaired) electrons. The maximum atomic E-state index is 15.5. The zero-order valence-electron chi connectivity index (χ0n) is 21.8. The van der Waals surface area contributed by atoms with Crippen LogP contribution in [0.2, 0.25) is 0 Å². The number of morpholine rings is 1. The SMILES string of the molecule is CN=CC(=CN)N1C(=O)N(c2c(F)c(OC)cc(OC)c2F)Cc2cnc3[nH]c(CN4CCOCC4)cc3c21. The first-order valence-electron chi connectivity index (χ1n) is 12.3. The number of pyridine rings is 1. The first-order valence-corrected chi connectivity index (χ1v) is 12.3. The molecule has 206 valence electrons. The number of fused-ring (bicyclic) bond motifs is 3. The van der Waals surface area contributed by atoms with E-state index in [0.29, 0.717) is 42.0 Å². The van der Waals surface area contributed by atoms with Gasteiger partial charge in [0.15, 0.2) is 23.1 Å². The highest BCUT2D eigenvalue weighted by Gasteiger charge is 2.39. The van der Waals surface area contributed by atoms with Crippen molar-refractivity contribution in [2.45, 2.75) is 13.1 Å². The van der Waals surface area contributed by atoms with E-state index in [1.807, 2.05) is 6.07 Å². The Bertz CT molecular complexity index is 1440. The zero-order valence-corrected chi connectivity index (χ0v) is 21.8. The van der Waals surface area contributed by atoms with Crippen LogP contribution < -0.4 is 25.0 Å². The molecule has 5 rings (SSSR count). The first kappa shape index (κ1) is 26.4. The fourth-order valence-corrected chi connectivity index (χ4v) is 4.91. The Kier molecular flexibility index (Phi) is 7.35. The van der Waals surface area contributed by atoms with Gasteiger partial charge >= 0.3 is 6.03 Å². The number of anilines is 2. The van der Waals surface area contributed by atoms with Gasteiger partial charge in [0.2, 0.25) is 0 Å². The summed E-state index contributed by atoms with van der Waals surface area (Å²) in [6, 6.07) is 2.28. The number of aromatic nitrogens is 2. The number of amides is 2. The first-order chi connectivity index (χ1) is 18.9. The number of nitrogens with one attached hydrogen (secondary N) is 1. The molecule has 4 heterocycles. The molecule has 0 spiro atoms. The van der Waals surface area contributed by atoms with E-state index in [1.165, 1.54) is 38.6 Å². The molecule has 2 aliphatic heterocycles. The molecule has 39 heavy (non-hydrogen) atoms. The van der Waals surface area contributed by atoms with Crippen LogP contribution in [0.25, 0.3) is 11.0 Å². The summed E-state index contributed by atoms with van der Waals surface area (Å²) in [6.07, 6.45) is 4.19. The number of benzene rings is 1. The molecule has 3 N–H and O–H groups in total. The molecule has 13 heteroatoms. The molecule has 3 aromatic rings. The lowest BCUT2D eigenvalue weighted by molar-refractivity contribution is 0.0337. The van der Waals surface area contributed by atoms with E-state index in [0.717, 1.165) is 29.7 Å². The Labute approximate surface area is 223 Å². The topological polar surface area (TPSA) is 122 Å². The summed E-state index contributed by atoms with van der Waals surface area (Å²) in [5.74, 6) is -2.63. The quantitative estimate of drug-likeness (QED) is 0.441. The number of hydrogen-bond acceptors (Lipinski definition) is 8. The molecule has 1 saturated heterocycles. The van der Waals surface area contributed by atoms with Gasteiger partial charge in [0.05, 0.1) is 45.4 Å². The van der Waals surface area contributed by atoms with Gasteiger partial charge in [-0.2, -0.15) is 0 Å². The number of methoxy groups -OCH3 is 2. The second-order valence-electron chi connectivity index (χ2n) is 9.02. The number of carbonyl (C=O) groups is 1. The largest absolute Gasteiger partial charge is 0.493 e. The number of halogens is 2. The molecule has 0 bridgehead atoms. The van der Waals surface area contributed by atoms with E-state index in [1.54, 1.807) is 6.20 Å². The third-order valence-corrected chi connectivity index (χ3v) is 6.74. The minimum Gasteiger partial charge on any atom is -0.493 e. The van der Waals surface area contributed by atoms with Crippen molar-refractivity contribution in [3.63, 3.8) is 0 Å². The molecule has 2 aromatic heterocycles. The summed E-state index contributed by atoms with van der Waals surface area (Å²) in [4.78, 5) is 30.5. The van der Waals surface area contributed by atoms with Crippen LogP contribution in [0.1, 0.15) is 11.3 Å². The van der Waals surface area contributed by atoms with Crippen LogP contribution in [0.5, 0.6) is 11.5 Å². The lowest BCUT2D eigenvalue weighted by atomic mass is 10.1. The van der Waals surface area contributed by atoms with Gasteiger partial charge in [-0.05, 0) is 6.07 Å². The van der Waals surface area contributed by atoms with Gasteiger partial charge in [0.1, 0.15) is 11.3 Å². The molecule has 0 saturated carbocycles. The minimum absolute atomic E-state index is 0.164. The molecular formula is C26H29F2N7O4. The van der Waals surface area contributed by atoms with Gasteiger partial charge in [-0.1, -0.05) is 0 Å². The molecule has 0 aliphatic carbocycles. The third-order valence-electron chi connectivity index (χ3n) is 6.74. The standard InChI is InChI=1S/C26H29F2N7O4/c1-30-12-17(10-29)35-23-15(11-31-25-18(23)8-16(32-25)14-33-4-6-39-7-5-33)13-34(26(35)36)24-21(27)19(37-2)9-20(38-3)22(24)28/h8-12H,4-7,13-14,29H2,1-3H3,(H,31,32). The van der Waals surface area contributed by atoms with E-state index in [9.17, 15) is 4.79 Å². The lowest BCUT2D eigenvalue weighted by Crippen LogP contribution is -2.48. The molecule has 1 fully saturated rings. The highest BCUT2D eigenvalue weighted by atomic mass is 19.1. The fourth-order valence-electron chi connectivity index (χ4n) is 4.91. The normalized spacial score (nSPS) is 16.8. The molecule has 2 amide bonds. The van der Waals surface area contributed by atoms with Crippen molar-refractivity contribution < 1.29 is 27.8 Å². The molecule has 0 unspecified atom stereocenters. The number of aliphatic imine (C=N–C) groups is 1. The summed E-state index contributed by atoms with van der Waals surface area (Å²) in [7, 11) is 4.02. The summed E-state index contributed by atoms with van der Waals surface area (Å²) >= 11 is 0. The van der Waals surface area contributed by atoms with Crippen LogP contribution in [0.4, 0.5) is 25.0 Å². The second kappa shape index (κ2) is 10.9. The van der Waals surface area contributed by atoms with E-state index in [2.05, 4.69) is 19.9 Å². The Morgan fingerprint density at radius 3 is 2.49 bits per heavy atom. The van der Waals surface area contributed by atoms with E-state index in [4.69, 9.17) is 19.9 Å². The average molecular weight is 542 g/mol. The Hall–Kier alpha value is -4.23. The van der Waals surface area contributed by atoms with Crippen molar-refractivity contribution in [3.05, 3.63) is 53.1 Å². The van der Waals surface area contributed by atoms with E-state index < -0.39 is 23.4 Å². The number of nitrogens with two attached hydrogens (primary N) is 1. The highest BCUT2D eigenvalue weighted by molar-refractivity contribution is 6.16. The number of allylic oxidation sites excluding steroid dienone is 1. The summed E-state index contributed by atoms with van der Waals surface area (Å²) in [5.41, 5.74) is 8.03. The Morgan fingerprint density at radius 2 is 1.87 bits per heavy atom. The van der Waals surface area contributed by atoms with Crippen molar-refractivity contribution in [1.29, 1.82) is 0 Å². The Balaban J connectivity index is 1.67. The van der Waals surface area contributed by atoms with Gasteiger partial charge < -0.3 is 24.9 Å². The number of hydrogen-bond donors (Lipinski definition) is 2. The minimum atomic E-state index is -1.04.